The summed E-state index contributed by atoms with van der Waals surface area (Å²) in [4.78, 5) is 26.9. The molecule has 3 rings (SSSR count). The summed E-state index contributed by atoms with van der Waals surface area (Å²) in [5.41, 5.74) is 0.642. The maximum atomic E-state index is 12.7. The summed E-state index contributed by atoms with van der Waals surface area (Å²) in [7, 11) is 0. The molecular formula is C21H27N3O4. The van der Waals surface area contributed by atoms with Gasteiger partial charge in [-0.05, 0) is 50.5 Å². The van der Waals surface area contributed by atoms with Gasteiger partial charge in [-0.25, -0.2) is 0 Å². The van der Waals surface area contributed by atoms with Crippen LogP contribution in [0.15, 0.2) is 34.9 Å². The molecule has 28 heavy (non-hydrogen) atoms. The predicted octanol–water partition coefficient (Wildman–Crippen LogP) is 3.65. The first-order valence-corrected chi connectivity index (χ1v) is 9.83. The number of aryl methyl sites for hydroxylation is 1. The largest absolute Gasteiger partial charge is 0.494 e. The molecule has 0 atom stereocenters. The van der Waals surface area contributed by atoms with Gasteiger partial charge in [0.2, 0.25) is 5.91 Å². The Hall–Kier alpha value is -2.83. The van der Waals surface area contributed by atoms with Crippen molar-refractivity contribution in [1.29, 1.82) is 0 Å². The van der Waals surface area contributed by atoms with E-state index >= 15 is 0 Å². The van der Waals surface area contributed by atoms with Crippen LogP contribution < -0.4 is 10.1 Å². The van der Waals surface area contributed by atoms with Crippen molar-refractivity contribution in [2.75, 3.05) is 25.0 Å². The third kappa shape index (κ3) is 5.12. The van der Waals surface area contributed by atoms with Gasteiger partial charge in [-0.15, -0.1) is 0 Å². The molecule has 1 aromatic carbocycles. The van der Waals surface area contributed by atoms with Gasteiger partial charge in [-0.3, -0.25) is 9.59 Å². The second-order valence-corrected chi connectivity index (χ2v) is 7.10. The van der Waals surface area contributed by atoms with E-state index in [1.54, 1.807) is 30.0 Å². The Balaban J connectivity index is 1.48. The lowest BCUT2D eigenvalue weighted by Gasteiger charge is -2.31. The van der Waals surface area contributed by atoms with Crippen LogP contribution in [0.1, 0.15) is 48.7 Å². The molecule has 0 bridgehead atoms. The number of ether oxygens (including phenoxy) is 1. The number of carbonyl (C=O) groups is 2. The molecule has 7 nitrogen and oxygen atoms in total. The summed E-state index contributed by atoms with van der Waals surface area (Å²) in [6, 6.07) is 8.96. The third-order valence-electron chi connectivity index (χ3n) is 4.90. The number of benzene rings is 1. The average molecular weight is 385 g/mol. The number of nitrogens with zero attached hydrogens (tertiary/aromatic N) is 2. The van der Waals surface area contributed by atoms with E-state index in [1.165, 1.54) is 0 Å². The van der Waals surface area contributed by atoms with Crippen molar-refractivity contribution in [3.63, 3.8) is 0 Å². The van der Waals surface area contributed by atoms with Crippen LogP contribution in [-0.4, -0.2) is 41.6 Å². The van der Waals surface area contributed by atoms with Crippen molar-refractivity contribution in [2.24, 2.45) is 5.92 Å². The molecule has 7 heteroatoms. The van der Waals surface area contributed by atoms with Crippen molar-refractivity contribution in [1.82, 2.24) is 10.1 Å². The molecule has 0 unspecified atom stereocenters. The fourth-order valence-electron chi connectivity index (χ4n) is 3.21. The minimum Gasteiger partial charge on any atom is -0.494 e. The van der Waals surface area contributed by atoms with Crippen LogP contribution >= 0.6 is 0 Å². The molecule has 0 radical (unpaired) electrons. The standard InChI is InChI=1S/C21H27N3O4/c1-3-4-13-27-18-7-5-17(6-8-18)21(26)24-11-9-16(10-12-24)20(25)22-19-14-15(2)28-23-19/h5-8,14,16H,3-4,9-13H2,1-2H3,(H,22,23,25). The van der Waals surface area contributed by atoms with E-state index in [-0.39, 0.29) is 17.7 Å². The van der Waals surface area contributed by atoms with Gasteiger partial charge in [0.25, 0.3) is 5.91 Å². The Morgan fingerprint density at radius 2 is 1.96 bits per heavy atom. The molecule has 0 aliphatic carbocycles. The average Bonchev–Trinajstić information content (AvgIpc) is 3.13. The van der Waals surface area contributed by atoms with Gasteiger partial charge in [0, 0.05) is 30.6 Å². The summed E-state index contributed by atoms with van der Waals surface area (Å²) >= 11 is 0. The van der Waals surface area contributed by atoms with E-state index in [2.05, 4.69) is 17.4 Å². The van der Waals surface area contributed by atoms with Crippen LogP contribution in [0, 0.1) is 12.8 Å². The Kier molecular flexibility index (Phi) is 6.68. The number of unbranched alkanes of at least 4 members (excludes halogenated alkanes) is 1. The predicted molar refractivity (Wildman–Crippen MR) is 105 cm³/mol. The van der Waals surface area contributed by atoms with Crippen LogP contribution in [0.25, 0.3) is 0 Å². The van der Waals surface area contributed by atoms with Crippen LogP contribution in [0.5, 0.6) is 5.75 Å². The van der Waals surface area contributed by atoms with Crippen LogP contribution in [0.4, 0.5) is 5.82 Å². The number of carbonyl (C=O) groups excluding carboxylic acids is 2. The lowest BCUT2D eigenvalue weighted by molar-refractivity contribution is -0.121. The van der Waals surface area contributed by atoms with Crippen molar-refractivity contribution in [2.45, 2.75) is 39.5 Å². The van der Waals surface area contributed by atoms with Crippen LogP contribution in [-0.2, 0) is 4.79 Å². The molecule has 1 N–H and O–H groups in total. The summed E-state index contributed by atoms with van der Waals surface area (Å²) in [6.45, 7) is 5.70. The molecule has 0 saturated carbocycles. The first-order valence-electron chi connectivity index (χ1n) is 9.83. The minimum atomic E-state index is -0.129. The van der Waals surface area contributed by atoms with E-state index in [1.807, 2.05) is 12.1 Å². The van der Waals surface area contributed by atoms with Gasteiger partial charge < -0.3 is 19.5 Å². The van der Waals surface area contributed by atoms with Crippen LogP contribution in [0.3, 0.4) is 0 Å². The van der Waals surface area contributed by atoms with Gasteiger partial charge in [-0.2, -0.15) is 0 Å². The van der Waals surface area contributed by atoms with E-state index < -0.39 is 0 Å². The summed E-state index contributed by atoms with van der Waals surface area (Å²) in [5, 5.41) is 6.56. The quantitative estimate of drug-likeness (QED) is 0.736. The van der Waals surface area contributed by atoms with Gasteiger partial charge >= 0.3 is 0 Å². The first-order chi connectivity index (χ1) is 13.6. The highest BCUT2D eigenvalue weighted by Crippen LogP contribution is 2.22. The number of anilines is 1. The van der Waals surface area contributed by atoms with Crippen molar-refractivity contribution >= 4 is 17.6 Å². The number of piperidine rings is 1. The molecular weight excluding hydrogens is 358 g/mol. The molecule has 1 fully saturated rings. The smallest absolute Gasteiger partial charge is 0.253 e. The van der Waals surface area contributed by atoms with Crippen molar-refractivity contribution < 1.29 is 18.8 Å². The summed E-state index contributed by atoms with van der Waals surface area (Å²) in [5.74, 6) is 1.65. The van der Waals surface area contributed by atoms with Gasteiger partial charge in [0.1, 0.15) is 11.5 Å². The highest BCUT2D eigenvalue weighted by atomic mass is 16.5. The molecule has 0 spiro atoms. The lowest BCUT2D eigenvalue weighted by Crippen LogP contribution is -2.41. The number of nitrogens with one attached hydrogen (secondary N) is 1. The maximum Gasteiger partial charge on any atom is 0.253 e. The Labute approximate surface area is 165 Å². The van der Waals surface area contributed by atoms with Gasteiger partial charge in [-0.1, -0.05) is 18.5 Å². The number of amides is 2. The SMILES string of the molecule is CCCCOc1ccc(C(=O)N2CCC(C(=O)Nc3cc(C)on3)CC2)cc1. The fourth-order valence-corrected chi connectivity index (χ4v) is 3.21. The van der Waals surface area contributed by atoms with Crippen molar-refractivity contribution in [3.8, 4) is 5.75 Å². The second kappa shape index (κ2) is 9.39. The topological polar surface area (TPSA) is 84.7 Å². The highest BCUT2D eigenvalue weighted by molar-refractivity contribution is 5.95. The fraction of sp³-hybridized carbons (Fsp3) is 0.476. The van der Waals surface area contributed by atoms with E-state index in [4.69, 9.17) is 9.26 Å². The molecule has 1 aromatic heterocycles. The molecule has 150 valence electrons. The Morgan fingerprint density at radius 3 is 2.57 bits per heavy atom. The molecule has 2 amide bonds. The molecule has 2 aromatic rings. The second-order valence-electron chi connectivity index (χ2n) is 7.10. The third-order valence-corrected chi connectivity index (χ3v) is 4.90. The summed E-state index contributed by atoms with van der Waals surface area (Å²) < 4.78 is 10.6. The number of hydrogen-bond acceptors (Lipinski definition) is 5. The Bertz CT molecular complexity index is 792. The van der Waals surface area contributed by atoms with Crippen LogP contribution in [0.2, 0.25) is 0 Å². The highest BCUT2D eigenvalue weighted by Gasteiger charge is 2.28. The molecule has 1 saturated heterocycles. The number of rotatable bonds is 7. The zero-order valence-corrected chi connectivity index (χ0v) is 16.4. The molecule has 1 aliphatic rings. The number of hydrogen-bond donors (Lipinski definition) is 1. The van der Waals surface area contributed by atoms with E-state index in [0.29, 0.717) is 49.7 Å². The number of likely N-dealkylation sites (tertiary alicyclic amines) is 1. The molecule has 1 aliphatic heterocycles. The van der Waals surface area contributed by atoms with Gasteiger partial charge in [0.05, 0.1) is 6.61 Å². The monoisotopic (exact) mass is 385 g/mol. The zero-order chi connectivity index (χ0) is 19.9. The van der Waals surface area contributed by atoms with E-state index in [0.717, 1.165) is 18.6 Å². The Morgan fingerprint density at radius 1 is 1.25 bits per heavy atom. The lowest BCUT2D eigenvalue weighted by atomic mass is 9.95. The maximum absolute atomic E-state index is 12.7. The van der Waals surface area contributed by atoms with E-state index in [9.17, 15) is 9.59 Å². The number of aromatic nitrogens is 1. The molecule has 2 heterocycles. The summed E-state index contributed by atoms with van der Waals surface area (Å²) in [6.07, 6.45) is 3.36. The first kappa shape index (κ1) is 19.9. The normalized spacial score (nSPS) is 14.7. The zero-order valence-electron chi connectivity index (χ0n) is 16.4. The minimum absolute atomic E-state index is 0.00825. The van der Waals surface area contributed by atoms with Crippen molar-refractivity contribution in [3.05, 3.63) is 41.7 Å². The van der Waals surface area contributed by atoms with Gasteiger partial charge in [0.15, 0.2) is 5.82 Å².